The molecule has 0 aliphatic heterocycles. The number of hydrogen-bond acceptors (Lipinski definition) is 4. The van der Waals surface area contributed by atoms with Crippen molar-refractivity contribution in [1.82, 2.24) is 4.37 Å². The van der Waals surface area contributed by atoms with Crippen LogP contribution in [0.25, 0.3) is 0 Å². The molecule has 0 radical (unpaired) electrons. The number of hydrogen-bond donors (Lipinski definition) is 2. The summed E-state index contributed by atoms with van der Waals surface area (Å²) in [6.07, 6.45) is 0. The lowest BCUT2D eigenvalue weighted by molar-refractivity contribution is 0.0697. The van der Waals surface area contributed by atoms with Crippen LogP contribution in [-0.4, -0.2) is 15.4 Å². The summed E-state index contributed by atoms with van der Waals surface area (Å²) in [5, 5.41) is 13.1. The molecule has 0 spiro atoms. The first-order valence-electron chi connectivity index (χ1n) is 4.90. The van der Waals surface area contributed by atoms with E-state index in [2.05, 4.69) is 25.6 Å². The summed E-state index contributed by atoms with van der Waals surface area (Å²) in [7, 11) is 0. The number of rotatable bonds is 3. The van der Waals surface area contributed by atoms with Gasteiger partial charge in [-0.05, 0) is 36.7 Å². The molecule has 1 aromatic heterocycles. The van der Waals surface area contributed by atoms with Crippen molar-refractivity contribution in [1.29, 1.82) is 0 Å². The van der Waals surface area contributed by atoms with E-state index in [1.165, 1.54) is 0 Å². The standard InChI is InChI=1S/C11H8BrClN2O2S/c1-5-9(11(16)17)10(18-15-5)14-8-4-6(12)2-3-7(8)13/h2-4,14H,1H3,(H,16,17). The first-order chi connectivity index (χ1) is 8.49. The zero-order valence-corrected chi connectivity index (χ0v) is 12.4. The summed E-state index contributed by atoms with van der Waals surface area (Å²) in [5.74, 6) is -1.00. The number of carbonyl (C=O) groups is 1. The number of aromatic carboxylic acids is 1. The molecule has 0 atom stereocenters. The summed E-state index contributed by atoms with van der Waals surface area (Å²) in [4.78, 5) is 11.1. The molecule has 94 valence electrons. The van der Waals surface area contributed by atoms with Crippen molar-refractivity contribution >= 4 is 55.7 Å². The fourth-order valence-corrected chi connectivity index (χ4v) is 2.75. The topological polar surface area (TPSA) is 62.2 Å². The lowest BCUT2D eigenvalue weighted by Gasteiger charge is -2.07. The second kappa shape index (κ2) is 5.26. The highest BCUT2D eigenvalue weighted by atomic mass is 79.9. The van der Waals surface area contributed by atoms with Gasteiger partial charge in [0.15, 0.2) is 0 Å². The Hall–Kier alpha value is -1.11. The molecule has 7 heteroatoms. The summed E-state index contributed by atoms with van der Waals surface area (Å²) in [5.41, 5.74) is 1.30. The number of benzene rings is 1. The van der Waals surface area contributed by atoms with E-state index in [0.717, 1.165) is 16.0 Å². The van der Waals surface area contributed by atoms with Crippen molar-refractivity contribution in [3.05, 3.63) is 39.0 Å². The van der Waals surface area contributed by atoms with Gasteiger partial charge >= 0.3 is 5.97 Å². The van der Waals surface area contributed by atoms with Gasteiger partial charge in [-0.15, -0.1) is 0 Å². The van der Waals surface area contributed by atoms with Crippen LogP contribution in [0.3, 0.4) is 0 Å². The van der Waals surface area contributed by atoms with Crippen LogP contribution in [0.4, 0.5) is 10.7 Å². The van der Waals surface area contributed by atoms with Crippen LogP contribution in [0.15, 0.2) is 22.7 Å². The molecular weight excluding hydrogens is 340 g/mol. The van der Waals surface area contributed by atoms with Gasteiger partial charge in [-0.3, -0.25) is 0 Å². The molecule has 0 aliphatic carbocycles. The van der Waals surface area contributed by atoms with Gasteiger partial charge in [0.2, 0.25) is 0 Å². The lowest BCUT2D eigenvalue weighted by atomic mass is 10.2. The summed E-state index contributed by atoms with van der Waals surface area (Å²) in [6, 6.07) is 5.31. The Morgan fingerprint density at radius 1 is 1.56 bits per heavy atom. The Kier molecular flexibility index (Phi) is 3.89. The molecular formula is C11H8BrClN2O2S. The molecule has 1 aromatic carbocycles. The molecule has 1 heterocycles. The molecule has 0 saturated heterocycles. The Balaban J connectivity index is 2.40. The molecule has 18 heavy (non-hydrogen) atoms. The van der Waals surface area contributed by atoms with E-state index in [1.54, 1.807) is 19.1 Å². The van der Waals surface area contributed by atoms with Gasteiger partial charge < -0.3 is 10.4 Å². The fraction of sp³-hybridized carbons (Fsp3) is 0.0909. The highest BCUT2D eigenvalue weighted by Crippen LogP contribution is 2.33. The van der Waals surface area contributed by atoms with Crippen LogP contribution < -0.4 is 5.32 Å². The Morgan fingerprint density at radius 3 is 2.94 bits per heavy atom. The molecule has 2 aromatic rings. The second-order valence-electron chi connectivity index (χ2n) is 3.53. The highest BCUT2D eigenvalue weighted by Gasteiger charge is 2.18. The molecule has 0 saturated carbocycles. The molecule has 0 unspecified atom stereocenters. The maximum absolute atomic E-state index is 11.1. The average Bonchev–Trinajstić information content (AvgIpc) is 2.65. The van der Waals surface area contributed by atoms with Gasteiger partial charge in [0, 0.05) is 4.47 Å². The number of aromatic nitrogens is 1. The smallest absolute Gasteiger partial charge is 0.340 e. The van der Waals surface area contributed by atoms with E-state index in [0.29, 0.717) is 21.4 Å². The SMILES string of the molecule is Cc1nsc(Nc2cc(Br)ccc2Cl)c1C(=O)O. The molecule has 0 fully saturated rings. The third kappa shape index (κ3) is 2.66. The van der Waals surface area contributed by atoms with Crippen molar-refractivity contribution in [3.8, 4) is 0 Å². The third-order valence-electron chi connectivity index (χ3n) is 2.25. The first-order valence-corrected chi connectivity index (χ1v) is 6.85. The maximum Gasteiger partial charge on any atom is 0.340 e. The quantitative estimate of drug-likeness (QED) is 0.868. The minimum atomic E-state index is -1.00. The molecule has 2 N–H and O–H groups in total. The minimum absolute atomic E-state index is 0.177. The van der Waals surface area contributed by atoms with Crippen LogP contribution in [0.2, 0.25) is 5.02 Å². The van der Waals surface area contributed by atoms with Crippen molar-refractivity contribution < 1.29 is 9.90 Å². The van der Waals surface area contributed by atoms with Gasteiger partial charge in [0.05, 0.1) is 16.4 Å². The zero-order chi connectivity index (χ0) is 13.3. The van der Waals surface area contributed by atoms with E-state index in [-0.39, 0.29) is 5.56 Å². The third-order valence-corrected chi connectivity index (χ3v) is 3.93. The summed E-state index contributed by atoms with van der Waals surface area (Å²) in [6.45, 7) is 1.66. The Labute approximate surface area is 121 Å². The van der Waals surface area contributed by atoms with Crippen molar-refractivity contribution in [2.24, 2.45) is 0 Å². The van der Waals surface area contributed by atoms with Gasteiger partial charge in [-0.2, -0.15) is 4.37 Å². The van der Waals surface area contributed by atoms with E-state index in [9.17, 15) is 4.79 Å². The van der Waals surface area contributed by atoms with Crippen LogP contribution in [0, 0.1) is 6.92 Å². The predicted molar refractivity (Wildman–Crippen MR) is 76.2 cm³/mol. The van der Waals surface area contributed by atoms with Gasteiger partial charge in [0.1, 0.15) is 10.6 Å². The number of aryl methyl sites for hydroxylation is 1. The number of nitrogens with one attached hydrogen (secondary N) is 1. The number of carboxylic acids is 1. The molecule has 4 nitrogen and oxygen atoms in total. The molecule has 0 bridgehead atoms. The van der Waals surface area contributed by atoms with Crippen molar-refractivity contribution in [2.75, 3.05) is 5.32 Å². The normalized spacial score (nSPS) is 10.4. The average molecular weight is 348 g/mol. The van der Waals surface area contributed by atoms with Gasteiger partial charge in [0.25, 0.3) is 0 Å². The fourth-order valence-electron chi connectivity index (χ4n) is 1.42. The second-order valence-corrected chi connectivity index (χ2v) is 5.62. The number of nitrogens with zero attached hydrogens (tertiary/aromatic N) is 1. The van der Waals surface area contributed by atoms with Crippen LogP contribution in [0.1, 0.15) is 16.1 Å². The Morgan fingerprint density at radius 2 is 2.28 bits per heavy atom. The largest absolute Gasteiger partial charge is 0.478 e. The monoisotopic (exact) mass is 346 g/mol. The number of halogens is 2. The highest BCUT2D eigenvalue weighted by molar-refractivity contribution is 9.10. The lowest BCUT2D eigenvalue weighted by Crippen LogP contribution is -2.01. The van der Waals surface area contributed by atoms with Crippen molar-refractivity contribution in [3.63, 3.8) is 0 Å². The predicted octanol–water partition coefficient (Wildman–Crippen LogP) is 4.31. The first kappa shape index (κ1) is 13.3. The minimum Gasteiger partial charge on any atom is -0.478 e. The van der Waals surface area contributed by atoms with E-state index < -0.39 is 5.97 Å². The van der Waals surface area contributed by atoms with Crippen molar-refractivity contribution in [2.45, 2.75) is 6.92 Å². The van der Waals surface area contributed by atoms with E-state index in [4.69, 9.17) is 16.7 Å². The van der Waals surface area contributed by atoms with Crippen LogP contribution in [0.5, 0.6) is 0 Å². The number of anilines is 2. The molecule has 0 aliphatic rings. The maximum atomic E-state index is 11.1. The number of carboxylic acid groups (broad SMARTS) is 1. The van der Waals surface area contributed by atoms with E-state index >= 15 is 0 Å². The molecule has 2 rings (SSSR count). The summed E-state index contributed by atoms with van der Waals surface area (Å²) >= 11 is 10.5. The van der Waals surface area contributed by atoms with Gasteiger partial charge in [-0.25, -0.2) is 4.79 Å². The van der Waals surface area contributed by atoms with Crippen LogP contribution >= 0.6 is 39.1 Å². The van der Waals surface area contributed by atoms with Gasteiger partial charge in [-0.1, -0.05) is 27.5 Å². The molecule has 0 amide bonds. The summed E-state index contributed by atoms with van der Waals surface area (Å²) < 4.78 is 4.88. The van der Waals surface area contributed by atoms with Crippen LogP contribution in [-0.2, 0) is 0 Å². The Bertz CT molecular complexity index is 615. The van der Waals surface area contributed by atoms with E-state index in [1.807, 2.05) is 6.07 Å². The zero-order valence-electron chi connectivity index (χ0n) is 9.20.